The van der Waals surface area contributed by atoms with Crippen molar-refractivity contribution in [1.29, 1.82) is 0 Å². The van der Waals surface area contributed by atoms with Gasteiger partial charge in [-0.05, 0) is 17.7 Å². The first-order valence-electron chi connectivity index (χ1n) is 4.98. The van der Waals surface area contributed by atoms with Crippen LogP contribution in [0.4, 0.5) is 0 Å². The zero-order valence-corrected chi connectivity index (χ0v) is 9.33. The van der Waals surface area contributed by atoms with Crippen molar-refractivity contribution in [3.05, 3.63) is 29.3 Å². The molecule has 0 spiro atoms. The zero-order chi connectivity index (χ0) is 13.0. The second-order valence-corrected chi connectivity index (χ2v) is 3.52. The van der Waals surface area contributed by atoms with E-state index in [4.69, 9.17) is 5.73 Å². The highest BCUT2D eigenvalue weighted by molar-refractivity contribution is 5.92. The number of phenolic OH excluding ortho intramolecular Hbond substituents is 1. The molecule has 94 valence electrons. The average Bonchev–Trinajstić information content (AvgIpc) is 2.35. The molecule has 17 heavy (non-hydrogen) atoms. The SMILES string of the molecule is COC(=O)c1ccc(C(O)C(O)CN)cc1O. The van der Waals surface area contributed by atoms with Crippen LogP contribution in [0.15, 0.2) is 18.2 Å². The number of benzene rings is 1. The van der Waals surface area contributed by atoms with Crippen LogP contribution >= 0.6 is 0 Å². The van der Waals surface area contributed by atoms with Crippen molar-refractivity contribution in [2.75, 3.05) is 13.7 Å². The highest BCUT2D eigenvalue weighted by Crippen LogP contribution is 2.25. The first-order chi connectivity index (χ1) is 8.01. The van der Waals surface area contributed by atoms with Gasteiger partial charge >= 0.3 is 5.97 Å². The van der Waals surface area contributed by atoms with Crippen LogP contribution < -0.4 is 5.73 Å². The minimum Gasteiger partial charge on any atom is -0.507 e. The van der Waals surface area contributed by atoms with Crippen molar-refractivity contribution >= 4 is 5.97 Å². The molecule has 6 heteroatoms. The van der Waals surface area contributed by atoms with Gasteiger partial charge in [-0.25, -0.2) is 4.79 Å². The molecule has 0 aliphatic carbocycles. The Hall–Kier alpha value is -1.63. The molecule has 0 aliphatic heterocycles. The molecule has 1 rings (SSSR count). The van der Waals surface area contributed by atoms with Gasteiger partial charge in [0.2, 0.25) is 0 Å². The molecule has 1 aromatic carbocycles. The number of carbonyl (C=O) groups is 1. The molecule has 1 aromatic rings. The molecule has 0 radical (unpaired) electrons. The molecule has 0 bridgehead atoms. The van der Waals surface area contributed by atoms with Crippen LogP contribution in [-0.4, -0.2) is 41.0 Å². The van der Waals surface area contributed by atoms with E-state index in [-0.39, 0.29) is 23.4 Å². The fourth-order valence-electron chi connectivity index (χ4n) is 1.37. The molecular formula is C11H15NO5. The van der Waals surface area contributed by atoms with Crippen LogP contribution in [0.1, 0.15) is 22.0 Å². The Labute approximate surface area is 98.3 Å². The van der Waals surface area contributed by atoms with Crippen LogP contribution in [-0.2, 0) is 4.74 Å². The minimum absolute atomic E-state index is 0.00862. The third kappa shape index (κ3) is 2.94. The van der Waals surface area contributed by atoms with Gasteiger partial charge in [0.05, 0.1) is 13.2 Å². The summed E-state index contributed by atoms with van der Waals surface area (Å²) in [6, 6.07) is 3.91. The standard InChI is InChI=1S/C11H15NO5/c1-17-11(16)7-3-2-6(4-8(7)13)10(15)9(14)5-12/h2-4,9-10,13-15H,5,12H2,1H3. The number of aromatic hydroxyl groups is 1. The molecule has 5 N–H and O–H groups in total. The summed E-state index contributed by atoms with van der Waals surface area (Å²) >= 11 is 0. The Bertz CT molecular complexity index is 407. The molecule has 0 saturated carbocycles. The molecule has 0 saturated heterocycles. The summed E-state index contributed by atoms with van der Waals surface area (Å²) in [5.74, 6) is -1.000. The molecule has 0 aromatic heterocycles. The Morgan fingerprint density at radius 1 is 1.47 bits per heavy atom. The number of esters is 1. The average molecular weight is 241 g/mol. The summed E-state index contributed by atoms with van der Waals surface area (Å²) in [4.78, 5) is 11.2. The van der Waals surface area contributed by atoms with Crippen molar-refractivity contribution in [3.8, 4) is 5.75 Å². The molecule has 2 atom stereocenters. The lowest BCUT2D eigenvalue weighted by Gasteiger charge is -2.17. The first-order valence-corrected chi connectivity index (χ1v) is 4.98. The van der Waals surface area contributed by atoms with Crippen LogP contribution in [0.2, 0.25) is 0 Å². The fourth-order valence-corrected chi connectivity index (χ4v) is 1.37. The second-order valence-electron chi connectivity index (χ2n) is 3.52. The molecule has 0 heterocycles. The maximum Gasteiger partial charge on any atom is 0.341 e. The summed E-state index contributed by atoms with van der Waals surface area (Å²) in [5.41, 5.74) is 5.46. The van der Waals surface area contributed by atoms with E-state index in [0.29, 0.717) is 0 Å². The van der Waals surface area contributed by atoms with E-state index >= 15 is 0 Å². The van der Waals surface area contributed by atoms with Gasteiger partial charge in [0, 0.05) is 6.54 Å². The number of phenols is 1. The lowest BCUT2D eigenvalue weighted by atomic mass is 10.0. The van der Waals surface area contributed by atoms with E-state index in [2.05, 4.69) is 4.74 Å². The molecule has 0 amide bonds. The van der Waals surface area contributed by atoms with Crippen molar-refractivity contribution in [1.82, 2.24) is 0 Å². The predicted octanol–water partition coefficient (Wildman–Crippen LogP) is -0.468. The summed E-state index contributed by atoms with van der Waals surface area (Å²) in [6.07, 6.45) is -2.34. The fraction of sp³-hybridized carbons (Fsp3) is 0.364. The lowest BCUT2D eigenvalue weighted by Crippen LogP contribution is -2.27. The summed E-state index contributed by atoms with van der Waals surface area (Å²) < 4.78 is 4.46. The van der Waals surface area contributed by atoms with E-state index < -0.39 is 18.2 Å². The van der Waals surface area contributed by atoms with Gasteiger partial charge in [0.15, 0.2) is 0 Å². The molecule has 2 unspecified atom stereocenters. The van der Waals surface area contributed by atoms with Gasteiger partial charge in [0.1, 0.15) is 17.4 Å². The van der Waals surface area contributed by atoms with Gasteiger partial charge in [0.25, 0.3) is 0 Å². The Morgan fingerprint density at radius 2 is 2.12 bits per heavy atom. The Morgan fingerprint density at radius 3 is 2.59 bits per heavy atom. The highest BCUT2D eigenvalue weighted by Gasteiger charge is 2.19. The van der Waals surface area contributed by atoms with Crippen LogP contribution in [0.5, 0.6) is 5.75 Å². The van der Waals surface area contributed by atoms with Gasteiger partial charge < -0.3 is 25.8 Å². The topological polar surface area (TPSA) is 113 Å². The maximum absolute atomic E-state index is 11.2. The van der Waals surface area contributed by atoms with Gasteiger partial charge in [-0.2, -0.15) is 0 Å². The largest absolute Gasteiger partial charge is 0.507 e. The van der Waals surface area contributed by atoms with Gasteiger partial charge in [-0.3, -0.25) is 0 Å². The lowest BCUT2D eigenvalue weighted by molar-refractivity contribution is 0.0242. The summed E-state index contributed by atoms with van der Waals surface area (Å²) in [5, 5.41) is 28.6. The molecular weight excluding hydrogens is 226 g/mol. The van der Waals surface area contributed by atoms with Crippen LogP contribution in [0, 0.1) is 0 Å². The Kier molecular flexibility index (Phi) is 4.45. The third-order valence-corrected chi connectivity index (χ3v) is 2.37. The van der Waals surface area contributed by atoms with Crippen LogP contribution in [0.3, 0.4) is 0 Å². The van der Waals surface area contributed by atoms with Crippen LogP contribution in [0.25, 0.3) is 0 Å². The van der Waals surface area contributed by atoms with Crippen molar-refractivity contribution < 1.29 is 24.9 Å². The quantitative estimate of drug-likeness (QED) is 0.530. The number of aliphatic hydroxyl groups is 2. The minimum atomic E-state index is -1.21. The van der Waals surface area contributed by atoms with Gasteiger partial charge in [-0.1, -0.05) is 6.07 Å². The highest BCUT2D eigenvalue weighted by atomic mass is 16.5. The number of hydrogen-bond acceptors (Lipinski definition) is 6. The van der Waals surface area contributed by atoms with E-state index in [9.17, 15) is 20.1 Å². The maximum atomic E-state index is 11.2. The zero-order valence-electron chi connectivity index (χ0n) is 9.33. The third-order valence-electron chi connectivity index (χ3n) is 2.37. The number of rotatable bonds is 4. The molecule has 6 nitrogen and oxygen atoms in total. The monoisotopic (exact) mass is 241 g/mol. The van der Waals surface area contributed by atoms with Crippen molar-refractivity contribution in [3.63, 3.8) is 0 Å². The molecule has 0 fully saturated rings. The number of aliphatic hydroxyl groups excluding tert-OH is 2. The molecule has 0 aliphatic rings. The van der Waals surface area contributed by atoms with Crippen molar-refractivity contribution in [2.24, 2.45) is 5.73 Å². The van der Waals surface area contributed by atoms with Crippen molar-refractivity contribution in [2.45, 2.75) is 12.2 Å². The number of hydrogen-bond donors (Lipinski definition) is 4. The Balaban J connectivity index is 3.00. The van der Waals surface area contributed by atoms with E-state index in [1.165, 1.54) is 25.3 Å². The smallest absolute Gasteiger partial charge is 0.341 e. The number of ether oxygens (including phenoxy) is 1. The second kappa shape index (κ2) is 5.62. The number of nitrogens with two attached hydrogens (primary N) is 1. The van der Waals surface area contributed by atoms with E-state index in [1.807, 2.05) is 0 Å². The number of carbonyl (C=O) groups excluding carboxylic acids is 1. The van der Waals surface area contributed by atoms with E-state index in [1.54, 1.807) is 0 Å². The predicted molar refractivity (Wildman–Crippen MR) is 59.5 cm³/mol. The first kappa shape index (κ1) is 13.4. The number of methoxy groups -OCH3 is 1. The summed E-state index contributed by atoms with van der Waals surface area (Å²) in [7, 11) is 1.20. The summed E-state index contributed by atoms with van der Waals surface area (Å²) in [6.45, 7) is -0.110. The van der Waals surface area contributed by atoms with Gasteiger partial charge in [-0.15, -0.1) is 0 Å². The normalized spacial score (nSPS) is 14.1. The van der Waals surface area contributed by atoms with E-state index in [0.717, 1.165) is 0 Å².